The number of carbonyl (C=O) groups is 1. The molecule has 2 rings (SSSR count). The standard InChI is InChI=1S/C13H24N2O3/c1-14-12(17)6-11-2-4-15(5-3-11)7-13(8-16)9-18-10-13/h11,16H,2-10H2,1H3,(H,14,17). The summed E-state index contributed by atoms with van der Waals surface area (Å²) in [6.07, 6.45) is 2.81. The van der Waals surface area contributed by atoms with Gasteiger partial charge in [-0.2, -0.15) is 0 Å². The van der Waals surface area contributed by atoms with Gasteiger partial charge in [0.15, 0.2) is 0 Å². The van der Waals surface area contributed by atoms with Crippen molar-refractivity contribution in [3.8, 4) is 0 Å². The van der Waals surface area contributed by atoms with Crippen LogP contribution in [0.5, 0.6) is 0 Å². The molecule has 0 unspecified atom stereocenters. The second kappa shape index (κ2) is 5.99. The highest BCUT2D eigenvalue weighted by atomic mass is 16.5. The zero-order valence-electron chi connectivity index (χ0n) is 11.2. The Morgan fingerprint density at radius 3 is 2.56 bits per heavy atom. The first kappa shape index (κ1) is 13.8. The molecule has 0 spiro atoms. The largest absolute Gasteiger partial charge is 0.396 e. The van der Waals surface area contributed by atoms with Gasteiger partial charge in [0.25, 0.3) is 0 Å². The van der Waals surface area contributed by atoms with Crippen molar-refractivity contribution in [3.63, 3.8) is 0 Å². The van der Waals surface area contributed by atoms with Gasteiger partial charge in [-0.05, 0) is 31.8 Å². The van der Waals surface area contributed by atoms with Gasteiger partial charge in [0.2, 0.25) is 5.91 Å². The Morgan fingerprint density at radius 1 is 1.44 bits per heavy atom. The van der Waals surface area contributed by atoms with Gasteiger partial charge >= 0.3 is 0 Å². The summed E-state index contributed by atoms with van der Waals surface area (Å²) in [5, 5.41) is 12.1. The average molecular weight is 256 g/mol. The summed E-state index contributed by atoms with van der Waals surface area (Å²) in [5.74, 6) is 0.664. The molecule has 2 N–H and O–H groups in total. The van der Waals surface area contributed by atoms with Crippen LogP contribution in [0.4, 0.5) is 0 Å². The summed E-state index contributed by atoms with van der Waals surface area (Å²) >= 11 is 0. The van der Waals surface area contributed by atoms with Crippen LogP contribution in [0.25, 0.3) is 0 Å². The number of carbonyl (C=O) groups excluding carboxylic acids is 1. The van der Waals surface area contributed by atoms with Crippen LogP contribution in [-0.4, -0.2) is 62.4 Å². The number of aliphatic hydroxyl groups excluding tert-OH is 1. The molecular formula is C13H24N2O3. The molecule has 5 heteroatoms. The van der Waals surface area contributed by atoms with E-state index in [2.05, 4.69) is 10.2 Å². The molecule has 2 aliphatic rings. The van der Waals surface area contributed by atoms with E-state index in [4.69, 9.17) is 4.74 Å². The highest BCUT2D eigenvalue weighted by Gasteiger charge is 2.40. The SMILES string of the molecule is CNC(=O)CC1CCN(CC2(CO)COC2)CC1. The summed E-state index contributed by atoms with van der Waals surface area (Å²) in [6.45, 7) is 4.57. The van der Waals surface area contributed by atoms with Crippen LogP contribution in [0.1, 0.15) is 19.3 Å². The Balaban J connectivity index is 1.71. The third kappa shape index (κ3) is 3.22. The first-order valence-electron chi connectivity index (χ1n) is 6.79. The lowest BCUT2D eigenvalue weighted by Gasteiger charge is -2.44. The Morgan fingerprint density at radius 2 is 2.11 bits per heavy atom. The molecule has 0 saturated carbocycles. The number of rotatable bonds is 5. The Hall–Kier alpha value is -0.650. The van der Waals surface area contributed by atoms with Crippen LogP contribution in [0.15, 0.2) is 0 Å². The quantitative estimate of drug-likeness (QED) is 0.718. The minimum atomic E-state index is -0.0202. The predicted molar refractivity (Wildman–Crippen MR) is 68.2 cm³/mol. The lowest BCUT2D eigenvalue weighted by atomic mass is 9.85. The average Bonchev–Trinajstić information content (AvgIpc) is 2.35. The Kier molecular flexibility index (Phi) is 4.59. The number of nitrogens with one attached hydrogen (secondary N) is 1. The number of ether oxygens (including phenoxy) is 1. The lowest BCUT2D eigenvalue weighted by molar-refractivity contribution is -0.150. The molecule has 0 bridgehead atoms. The maximum atomic E-state index is 11.3. The van der Waals surface area contributed by atoms with Gasteiger partial charge in [-0.25, -0.2) is 0 Å². The summed E-state index contributed by atoms with van der Waals surface area (Å²) in [4.78, 5) is 13.7. The van der Waals surface area contributed by atoms with Crippen LogP contribution in [0, 0.1) is 11.3 Å². The molecule has 1 amide bonds. The van der Waals surface area contributed by atoms with Gasteiger partial charge in [0, 0.05) is 20.0 Å². The lowest BCUT2D eigenvalue weighted by Crippen LogP contribution is -2.54. The van der Waals surface area contributed by atoms with E-state index in [1.165, 1.54) is 0 Å². The highest BCUT2D eigenvalue weighted by molar-refractivity contribution is 5.75. The van der Waals surface area contributed by atoms with Crippen LogP contribution >= 0.6 is 0 Å². The molecule has 2 heterocycles. The number of hydrogen-bond acceptors (Lipinski definition) is 4. The van der Waals surface area contributed by atoms with E-state index in [0.29, 0.717) is 25.6 Å². The fraction of sp³-hybridized carbons (Fsp3) is 0.923. The number of nitrogens with zero attached hydrogens (tertiary/aromatic N) is 1. The molecule has 0 aromatic heterocycles. The summed E-state index contributed by atoms with van der Waals surface area (Å²) < 4.78 is 5.22. The van der Waals surface area contributed by atoms with Gasteiger partial charge < -0.3 is 20.1 Å². The van der Waals surface area contributed by atoms with E-state index in [0.717, 1.165) is 32.5 Å². The zero-order valence-corrected chi connectivity index (χ0v) is 11.2. The molecule has 2 aliphatic heterocycles. The third-order valence-corrected chi connectivity index (χ3v) is 4.17. The second-order valence-electron chi connectivity index (χ2n) is 5.75. The van der Waals surface area contributed by atoms with Crippen molar-refractivity contribution in [2.75, 3.05) is 46.5 Å². The van der Waals surface area contributed by atoms with E-state index in [1.807, 2.05) is 0 Å². The number of likely N-dealkylation sites (tertiary alicyclic amines) is 1. The van der Waals surface area contributed by atoms with E-state index in [-0.39, 0.29) is 17.9 Å². The molecule has 0 aromatic carbocycles. The van der Waals surface area contributed by atoms with E-state index < -0.39 is 0 Å². The van der Waals surface area contributed by atoms with Crippen LogP contribution < -0.4 is 5.32 Å². The van der Waals surface area contributed by atoms with Gasteiger partial charge in [-0.15, -0.1) is 0 Å². The first-order chi connectivity index (χ1) is 8.67. The molecule has 0 radical (unpaired) electrons. The number of piperidine rings is 1. The van der Waals surface area contributed by atoms with E-state index in [1.54, 1.807) is 7.05 Å². The van der Waals surface area contributed by atoms with Crippen molar-refractivity contribution in [1.29, 1.82) is 0 Å². The number of aliphatic hydroxyl groups is 1. The van der Waals surface area contributed by atoms with Crippen molar-refractivity contribution in [2.45, 2.75) is 19.3 Å². The predicted octanol–water partition coefficient (Wildman–Crippen LogP) is -0.157. The fourth-order valence-electron chi connectivity index (χ4n) is 2.81. The molecule has 18 heavy (non-hydrogen) atoms. The minimum Gasteiger partial charge on any atom is -0.396 e. The van der Waals surface area contributed by atoms with Gasteiger partial charge in [0.05, 0.1) is 25.2 Å². The van der Waals surface area contributed by atoms with Gasteiger partial charge in [-0.1, -0.05) is 0 Å². The zero-order chi connectivity index (χ0) is 13.0. The van der Waals surface area contributed by atoms with Gasteiger partial charge in [-0.3, -0.25) is 4.79 Å². The Labute approximate surface area is 108 Å². The fourth-order valence-corrected chi connectivity index (χ4v) is 2.81. The van der Waals surface area contributed by atoms with Crippen molar-refractivity contribution in [1.82, 2.24) is 10.2 Å². The van der Waals surface area contributed by atoms with Crippen molar-refractivity contribution in [3.05, 3.63) is 0 Å². The highest BCUT2D eigenvalue weighted by Crippen LogP contribution is 2.30. The number of hydrogen-bond donors (Lipinski definition) is 2. The van der Waals surface area contributed by atoms with Crippen LogP contribution in [-0.2, 0) is 9.53 Å². The monoisotopic (exact) mass is 256 g/mol. The summed E-state index contributed by atoms with van der Waals surface area (Å²) in [7, 11) is 1.69. The molecule has 0 aromatic rings. The molecule has 104 valence electrons. The van der Waals surface area contributed by atoms with Crippen LogP contribution in [0.2, 0.25) is 0 Å². The third-order valence-electron chi connectivity index (χ3n) is 4.17. The van der Waals surface area contributed by atoms with Crippen molar-refractivity contribution < 1.29 is 14.6 Å². The second-order valence-corrected chi connectivity index (χ2v) is 5.75. The summed E-state index contributed by atoms with van der Waals surface area (Å²) in [6, 6.07) is 0. The molecule has 0 atom stereocenters. The smallest absolute Gasteiger partial charge is 0.220 e. The van der Waals surface area contributed by atoms with E-state index >= 15 is 0 Å². The molecular weight excluding hydrogens is 232 g/mol. The van der Waals surface area contributed by atoms with Gasteiger partial charge in [0.1, 0.15) is 0 Å². The molecule has 2 fully saturated rings. The normalized spacial score (nSPS) is 24.6. The maximum Gasteiger partial charge on any atom is 0.220 e. The maximum absolute atomic E-state index is 11.3. The first-order valence-corrected chi connectivity index (χ1v) is 6.79. The Bertz CT molecular complexity index is 278. The summed E-state index contributed by atoms with van der Waals surface area (Å²) in [5.41, 5.74) is -0.0202. The minimum absolute atomic E-state index is 0.0202. The van der Waals surface area contributed by atoms with E-state index in [9.17, 15) is 9.90 Å². The topological polar surface area (TPSA) is 61.8 Å². The van der Waals surface area contributed by atoms with Crippen molar-refractivity contribution in [2.24, 2.45) is 11.3 Å². The molecule has 5 nitrogen and oxygen atoms in total. The van der Waals surface area contributed by atoms with Crippen LogP contribution in [0.3, 0.4) is 0 Å². The molecule has 0 aliphatic carbocycles. The van der Waals surface area contributed by atoms with Crippen molar-refractivity contribution >= 4 is 5.91 Å². The molecule has 2 saturated heterocycles. The number of amides is 1.